The van der Waals surface area contributed by atoms with E-state index in [-0.39, 0.29) is 23.6 Å². The Hall–Kier alpha value is -3.02. The summed E-state index contributed by atoms with van der Waals surface area (Å²) in [6.45, 7) is 13.7. The van der Waals surface area contributed by atoms with Gasteiger partial charge in [0.25, 0.3) is 0 Å². The molecule has 0 saturated heterocycles. The zero-order valence-electron chi connectivity index (χ0n) is 23.1. The highest BCUT2D eigenvalue weighted by Crippen LogP contribution is 2.48. The maximum atomic E-state index is 13.8. The maximum absolute atomic E-state index is 13.8. The van der Waals surface area contributed by atoms with Crippen molar-refractivity contribution in [1.82, 2.24) is 0 Å². The lowest BCUT2D eigenvalue weighted by Gasteiger charge is -2.45. The van der Waals surface area contributed by atoms with Gasteiger partial charge in [0, 0.05) is 5.92 Å². The zero-order valence-corrected chi connectivity index (χ0v) is 24.1. The number of ether oxygens (including phenoxy) is 1. The molecule has 0 unspecified atom stereocenters. The van der Waals surface area contributed by atoms with Gasteiger partial charge in [0.2, 0.25) is 0 Å². The van der Waals surface area contributed by atoms with E-state index in [2.05, 4.69) is 19.6 Å². The van der Waals surface area contributed by atoms with Gasteiger partial charge in [0.15, 0.2) is 14.4 Å². The zero-order chi connectivity index (χ0) is 27.2. The number of hydrogen-bond acceptors (Lipinski definition) is 4. The maximum Gasteiger partial charge on any atom is 0.309 e. The molecule has 0 fully saturated rings. The lowest BCUT2D eigenvalue weighted by atomic mass is 9.78. The van der Waals surface area contributed by atoms with Crippen molar-refractivity contribution in [3.8, 4) is 0 Å². The van der Waals surface area contributed by atoms with E-state index in [1.165, 1.54) is 0 Å². The van der Waals surface area contributed by atoms with Crippen LogP contribution < -0.4 is 0 Å². The summed E-state index contributed by atoms with van der Waals surface area (Å²) >= 11 is 0. The third-order valence-electron chi connectivity index (χ3n) is 7.17. The Bertz CT molecular complexity index is 1120. The Morgan fingerprint density at radius 2 is 1.14 bits per heavy atom. The third kappa shape index (κ3) is 6.65. The number of carbonyl (C=O) groups excluding carboxylic acids is 2. The summed E-state index contributed by atoms with van der Waals surface area (Å²) in [5, 5.41) is 0. The van der Waals surface area contributed by atoms with Crippen LogP contribution in [0.3, 0.4) is 0 Å². The molecule has 5 heteroatoms. The first-order valence-electron chi connectivity index (χ1n) is 13.0. The van der Waals surface area contributed by atoms with E-state index in [0.717, 1.165) is 16.7 Å². The van der Waals surface area contributed by atoms with Crippen molar-refractivity contribution in [1.29, 1.82) is 0 Å². The van der Waals surface area contributed by atoms with Crippen LogP contribution in [0.1, 0.15) is 50.5 Å². The van der Waals surface area contributed by atoms with Gasteiger partial charge in [0.05, 0.1) is 5.92 Å². The first kappa shape index (κ1) is 28.5. The Morgan fingerprint density at radius 1 is 0.703 bits per heavy atom. The molecule has 0 aromatic heterocycles. The fraction of sp³-hybridized carbons (Fsp3) is 0.375. The summed E-state index contributed by atoms with van der Waals surface area (Å²) in [6, 6.07) is 29.9. The van der Waals surface area contributed by atoms with Crippen LogP contribution >= 0.6 is 0 Å². The second-order valence-corrected chi connectivity index (χ2v) is 15.4. The second-order valence-electron chi connectivity index (χ2n) is 11.0. The van der Waals surface area contributed by atoms with E-state index >= 15 is 0 Å². The summed E-state index contributed by atoms with van der Waals surface area (Å²) in [5.74, 6) is -1.16. The number of benzene rings is 3. The minimum atomic E-state index is -2.22. The fourth-order valence-electron chi connectivity index (χ4n) is 4.75. The molecule has 0 heterocycles. The largest absolute Gasteiger partial charge is 0.453 e. The first-order valence-corrected chi connectivity index (χ1v) is 16.5. The molecule has 0 aliphatic rings. The molecule has 3 aromatic rings. The van der Waals surface area contributed by atoms with E-state index < -0.39 is 25.9 Å². The molecule has 4 nitrogen and oxygen atoms in total. The van der Waals surface area contributed by atoms with Crippen LogP contribution in [0.4, 0.5) is 0 Å². The highest BCUT2D eigenvalue weighted by molar-refractivity contribution is 6.69. The quantitative estimate of drug-likeness (QED) is 0.195. The van der Waals surface area contributed by atoms with Gasteiger partial charge in [-0.3, -0.25) is 9.59 Å². The highest BCUT2D eigenvalue weighted by Gasteiger charge is 2.49. The molecule has 3 aromatic carbocycles. The molecule has 3 rings (SSSR count). The number of esters is 1. The fourth-order valence-corrected chi connectivity index (χ4v) is 6.06. The van der Waals surface area contributed by atoms with Gasteiger partial charge in [-0.1, -0.05) is 112 Å². The van der Waals surface area contributed by atoms with Gasteiger partial charge in [-0.15, -0.1) is 0 Å². The Morgan fingerprint density at radius 3 is 1.54 bits per heavy atom. The monoisotopic (exact) mass is 516 g/mol. The van der Waals surface area contributed by atoms with Gasteiger partial charge in [-0.2, -0.15) is 0 Å². The summed E-state index contributed by atoms with van der Waals surface area (Å²) < 4.78 is 13.7. The number of ketones is 1. The number of Topliss-reactive ketones (excluding diaryl/α,β-unsaturated/α-hetero) is 1. The van der Waals surface area contributed by atoms with Crippen LogP contribution in [-0.2, 0) is 24.4 Å². The van der Waals surface area contributed by atoms with E-state index in [9.17, 15) is 9.59 Å². The lowest BCUT2D eigenvalue weighted by molar-refractivity contribution is -0.168. The van der Waals surface area contributed by atoms with E-state index in [0.29, 0.717) is 0 Å². The van der Waals surface area contributed by atoms with Crippen LogP contribution in [0.15, 0.2) is 91.0 Å². The van der Waals surface area contributed by atoms with Gasteiger partial charge in [-0.05, 0) is 49.2 Å². The van der Waals surface area contributed by atoms with E-state index in [1.807, 2.05) is 112 Å². The molecule has 0 amide bonds. The minimum absolute atomic E-state index is 0.0664. The smallest absolute Gasteiger partial charge is 0.309 e. The number of rotatable bonds is 11. The van der Waals surface area contributed by atoms with Crippen LogP contribution in [0.5, 0.6) is 0 Å². The number of hydrogen-bond donors (Lipinski definition) is 0. The highest BCUT2D eigenvalue weighted by atomic mass is 28.4. The topological polar surface area (TPSA) is 52.6 Å². The summed E-state index contributed by atoms with van der Waals surface area (Å²) in [5.41, 5.74) is 1.62. The van der Waals surface area contributed by atoms with Crippen molar-refractivity contribution in [2.24, 2.45) is 17.8 Å². The molecule has 4 atom stereocenters. The van der Waals surface area contributed by atoms with Crippen molar-refractivity contribution >= 4 is 20.1 Å². The molecule has 0 radical (unpaired) electrons. The standard InChI is InChI=1S/C32H40O4Si/c1-23(24(2)26(4)33)25(3)31(34)35-30(27-17-11-8-12-18-27)32(36-37(5,6)7,28-19-13-9-14-20-28)29-21-15-10-16-22-29/h8-25,30H,1-7H3/t23-,24+,25-,30+/m0/s1. The van der Waals surface area contributed by atoms with Gasteiger partial charge in [-0.25, -0.2) is 0 Å². The molecule has 37 heavy (non-hydrogen) atoms. The SMILES string of the molecule is CC(=O)[C@H](C)[C@H](C)[C@H](C)C(=O)O[C@H](c1ccccc1)C(O[Si](C)(C)C)(c1ccccc1)c1ccccc1. The van der Waals surface area contributed by atoms with Crippen molar-refractivity contribution in [3.05, 3.63) is 108 Å². The van der Waals surface area contributed by atoms with Crippen molar-refractivity contribution in [2.75, 3.05) is 0 Å². The Balaban J connectivity index is 2.25. The van der Waals surface area contributed by atoms with E-state index in [1.54, 1.807) is 6.92 Å². The van der Waals surface area contributed by atoms with Gasteiger partial charge in [0.1, 0.15) is 11.4 Å². The van der Waals surface area contributed by atoms with Crippen molar-refractivity contribution in [2.45, 2.75) is 59.0 Å². The average Bonchev–Trinajstić information content (AvgIpc) is 2.90. The predicted octanol–water partition coefficient (Wildman–Crippen LogP) is 7.56. The minimum Gasteiger partial charge on any atom is -0.453 e. The molecule has 0 spiro atoms. The van der Waals surface area contributed by atoms with Crippen LogP contribution in [0.2, 0.25) is 19.6 Å². The molecular weight excluding hydrogens is 476 g/mol. The molecule has 0 bridgehead atoms. The molecule has 0 saturated carbocycles. The third-order valence-corrected chi connectivity index (χ3v) is 8.10. The van der Waals surface area contributed by atoms with Crippen molar-refractivity contribution < 1.29 is 18.8 Å². The Kier molecular flexibility index (Phi) is 9.27. The lowest BCUT2D eigenvalue weighted by Crippen LogP contribution is -2.47. The van der Waals surface area contributed by atoms with Gasteiger partial charge < -0.3 is 9.16 Å². The van der Waals surface area contributed by atoms with E-state index in [4.69, 9.17) is 9.16 Å². The second kappa shape index (κ2) is 12.0. The van der Waals surface area contributed by atoms with Gasteiger partial charge >= 0.3 is 5.97 Å². The summed E-state index contributed by atoms with van der Waals surface area (Å²) in [7, 11) is -2.22. The molecule has 0 N–H and O–H groups in total. The summed E-state index contributed by atoms with van der Waals surface area (Å²) in [4.78, 5) is 25.9. The Labute approximate surface area is 223 Å². The molecule has 0 aliphatic heterocycles. The molecule has 196 valence electrons. The van der Waals surface area contributed by atoms with Crippen molar-refractivity contribution in [3.63, 3.8) is 0 Å². The first-order chi connectivity index (χ1) is 17.5. The predicted molar refractivity (Wildman–Crippen MR) is 152 cm³/mol. The summed E-state index contributed by atoms with van der Waals surface area (Å²) in [6.07, 6.45) is -0.750. The normalized spacial score (nSPS) is 15.3. The molecule has 0 aliphatic carbocycles. The average molecular weight is 517 g/mol. The van der Waals surface area contributed by atoms with Crippen LogP contribution in [-0.4, -0.2) is 20.1 Å². The number of carbonyl (C=O) groups is 2. The van der Waals surface area contributed by atoms with Crippen LogP contribution in [0, 0.1) is 17.8 Å². The molecular formula is C32H40O4Si. The van der Waals surface area contributed by atoms with Crippen LogP contribution in [0.25, 0.3) is 0 Å².